The Morgan fingerprint density at radius 3 is 2.82 bits per heavy atom. The highest BCUT2D eigenvalue weighted by atomic mass is 16.5. The van der Waals surface area contributed by atoms with Crippen molar-refractivity contribution in [1.29, 1.82) is 0 Å². The summed E-state index contributed by atoms with van der Waals surface area (Å²) in [6.45, 7) is 3.13. The number of ether oxygens (including phenoxy) is 2. The number of aryl methyl sites for hydroxylation is 1. The molecule has 1 unspecified atom stereocenters. The van der Waals surface area contributed by atoms with Crippen molar-refractivity contribution >= 4 is 5.82 Å². The van der Waals surface area contributed by atoms with E-state index in [1.165, 1.54) is 0 Å². The second-order valence-electron chi connectivity index (χ2n) is 3.77. The van der Waals surface area contributed by atoms with Crippen molar-refractivity contribution in [3.05, 3.63) is 11.9 Å². The summed E-state index contributed by atoms with van der Waals surface area (Å²) in [5.74, 6) is 1.98. The molecular formula is C11H20N4O2. The van der Waals surface area contributed by atoms with Crippen molar-refractivity contribution < 1.29 is 9.47 Å². The summed E-state index contributed by atoms with van der Waals surface area (Å²) in [5.41, 5.74) is 5.81. The molecule has 0 aliphatic carbocycles. The van der Waals surface area contributed by atoms with Crippen LogP contribution in [0.25, 0.3) is 0 Å². The Balaban J connectivity index is 2.43. The van der Waals surface area contributed by atoms with E-state index in [9.17, 15) is 0 Å². The summed E-state index contributed by atoms with van der Waals surface area (Å²) in [4.78, 5) is 8.36. The van der Waals surface area contributed by atoms with Gasteiger partial charge in [-0.2, -0.15) is 4.98 Å². The lowest BCUT2D eigenvalue weighted by Crippen LogP contribution is -2.28. The third kappa shape index (κ3) is 4.97. The van der Waals surface area contributed by atoms with E-state index in [0.717, 1.165) is 18.8 Å². The van der Waals surface area contributed by atoms with Crippen molar-refractivity contribution in [3.8, 4) is 5.88 Å². The Morgan fingerprint density at radius 2 is 2.18 bits per heavy atom. The van der Waals surface area contributed by atoms with Crippen LogP contribution in [0.3, 0.4) is 0 Å². The quantitative estimate of drug-likeness (QED) is 0.725. The van der Waals surface area contributed by atoms with Gasteiger partial charge in [0.25, 0.3) is 0 Å². The van der Waals surface area contributed by atoms with Crippen molar-refractivity contribution in [2.75, 3.05) is 32.7 Å². The predicted molar refractivity (Wildman–Crippen MR) is 66.3 cm³/mol. The lowest BCUT2D eigenvalue weighted by molar-refractivity contribution is 0.178. The minimum absolute atomic E-state index is 0.0392. The second-order valence-corrected chi connectivity index (χ2v) is 3.77. The third-order valence-corrected chi connectivity index (χ3v) is 2.23. The number of nitrogens with one attached hydrogen (secondary N) is 1. The van der Waals surface area contributed by atoms with Gasteiger partial charge < -0.3 is 20.5 Å². The van der Waals surface area contributed by atoms with Crippen LogP contribution in [0.5, 0.6) is 5.88 Å². The monoisotopic (exact) mass is 240 g/mol. The van der Waals surface area contributed by atoms with Crippen LogP contribution in [0.4, 0.5) is 5.82 Å². The molecule has 0 fully saturated rings. The number of hydrogen-bond acceptors (Lipinski definition) is 6. The van der Waals surface area contributed by atoms with Gasteiger partial charge in [0.2, 0.25) is 5.88 Å². The second kappa shape index (κ2) is 7.03. The fourth-order valence-electron chi connectivity index (χ4n) is 1.42. The number of nitrogens with zero attached hydrogens (tertiary/aromatic N) is 2. The van der Waals surface area contributed by atoms with Crippen LogP contribution >= 0.6 is 0 Å². The number of anilines is 1. The lowest BCUT2D eigenvalue weighted by Gasteiger charge is -2.11. The SMILES string of the molecule is COCC(N)CCNc1cc(OC)nc(C)n1. The van der Waals surface area contributed by atoms with Crippen LogP contribution in [-0.4, -0.2) is 43.4 Å². The minimum Gasteiger partial charge on any atom is -0.481 e. The van der Waals surface area contributed by atoms with Gasteiger partial charge in [0.05, 0.1) is 13.7 Å². The van der Waals surface area contributed by atoms with E-state index < -0.39 is 0 Å². The number of methoxy groups -OCH3 is 2. The molecule has 0 aliphatic rings. The highest BCUT2D eigenvalue weighted by Gasteiger charge is 2.04. The average molecular weight is 240 g/mol. The zero-order chi connectivity index (χ0) is 12.7. The van der Waals surface area contributed by atoms with Gasteiger partial charge in [0.1, 0.15) is 11.6 Å². The van der Waals surface area contributed by atoms with Gasteiger partial charge >= 0.3 is 0 Å². The van der Waals surface area contributed by atoms with Crippen LogP contribution in [0.15, 0.2) is 6.07 Å². The number of aromatic nitrogens is 2. The van der Waals surface area contributed by atoms with E-state index in [4.69, 9.17) is 15.2 Å². The van der Waals surface area contributed by atoms with E-state index in [1.54, 1.807) is 20.3 Å². The van der Waals surface area contributed by atoms with Crippen molar-refractivity contribution in [3.63, 3.8) is 0 Å². The molecule has 1 heterocycles. The van der Waals surface area contributed by atoms with E-state index in [2.05, 4.69) is 15.3 Å². The fourth-order valence-corrected chi connectivity index (χ4v) is 1.42. The van der Waals surface area contributed by atoms with Gasteiger partial charge in [-0.1, -0.05) is 0 Å². The summed E-state index contributed by atoms with van der Waals surface area (Å²) < 4.78 is 10.0. The van der Waals surface area contributed by atoms with E-state index >= 15 is 0 Å². The molecule has 6 heteroatoms. The van der Waals surface area contributed by atoms with E-state index in [0.29, 0.717) is 18.3 Å². The van der Waals surface area contributed by atoms with Gasteiger partial charge in [0, 0.05) is 25.8 Å². The first-order chi connectivity index (χ1) is 8.15. The van der Waals surface area contributed by atoms with Crippen molar-refractivity contribution in [2.45, 2.75) is 19.4 Å². The largest absolute Gasteiger partial charge is 0.481 e. The molecule has 0 aromatic carbocycles. The Morgan fingerprint density at radius 1 is 1.41 bits per heavy atom. The Hall–Kier alpha value is -1.40. The predicted octanol–water partition coefficient (Wildman–Crippen LogP) is 0.569. The van der Waals surface area contributed by atoms with Gasteiger partial charge in [0.15, 0.2) is 0 Å². The van der Waals surface area contributed by atoms with E-state index in [1.807, 2.05) is 6.92 Å². The molecule has 96 valence electrons. The number of hydrogen-bond donors (Lipinski definition) is 2. The Labute approximate surface area is 102 Å². The maximum Gasteiger partial charge on any atom is 0.218 e. The summed E-state index contributed by atoms with van der Waals surface area (Å²) in [6.07, 6.45) is 0.819. The first-order valence-electron chi connectivity index (χ1n) is 5.53. The standard InChI is InChI=1S/C11H20N4O2/c1-8-14-10(6-11(15-8)17-3)13-5-4-9(12)7-16-2/h6,9H,4-5,7,12H2,1-3H3,(H,13,14,15). The maximum absolute atomic E-state index is 5.81. The van der Waals surface area contributed by atoms with E-state index in [-0.39, 0.29) is 6.04 Å². The zero-order valence-electron chi connectivity index (χ0n) is 10.6. The van der Waals surface area contributed by atoms with Crippen LogP contribution in [0, 0.1) is 6.92 Å². The summed E-state index contributed by atoms with van der Waals surface area (Å²) in [6, 6.07) is 1.80. The molecule has 0 radical (unpaired) electrons. The summed E-state index contributed by atoms with van der Waals surface area (Å²) >= 11 is 0. The van der Waals surface area contributed by atoms with Crippen molar-refractivity contribution in [1.82, 2.24) is 9.97 Å². The zero-order valence-corrected chi connectivity index (χ0v) is 10.6. The molecule has 1 aromatic rings. The molecule has 0 spiro atoms. The molecule has 0 saturated heterocycles. The smallest absolute Gasteiger partial charge is 0.218 e. The molecular weight excluding hydrogens is 220 g/mol. The van der Waals surface area contributed by atoms with Crippen LogP contribution in [0.1, 0.15) is 12.2 Å². The number of rotatable bonds is 7. The van der Waals surface area contributed by atoms with Gasteiger partial charge in [-0.05, 0) is 13.3 Å². The Kier molecular flexibility index (Phi) is 5.65. The summed E-state index contributed by atoms with van der Waals surface area (Å²) in [5, 5.41) is 3.18. The molecule has 6 nitrogen and oxygen atoms in total. The normalized spacial score (nSPS) is 12.2. The molecule has 1 aromatic heterocycles. The fraction of sp³-hybridized carbons (Fsp3) is 0.636. The van der Waals surface area contributed by atoms with Gasteiger partial charge in [-0.3, -0.25) is 0 Å². The van der Waals surface area contributed by atoms with Crippen LogP contribution in [0.2, 0.25) is 0 Å². The topological polar surface area (TPSA) is 82.3 Å². The van der Waals surface area contributed by atoms with Gasteiger partial charge in [-0.25, -0.2) is 4.98 Å². The molecule has 0 saturated carbocycles. The molecule has 0 amide bonds. The van der Waals surface area contributed by atoms with Crippen molar-refractivity contribution in [2.24, 2.45) is 5.73 Å². The first-order valence-corrected chi connectivity index (χ1v) is 5.53. The average Bonchev–Trinajstić information content (AvgIpc) is 2.28. The Bertz CT molecular complexity index is 346. The molecule has 3 N–H and O–H groups in total. The minimum atomic E-state index is 0.0392. The molecule has 17 heavy (non-hydrogen) atoms. The number of nitrogens with two attached hydrogens (primary N) is 1. The first kappa shape index (κ1) is 13.7. The highest BCUT2D eigenvalue weighted by Crippen LogP contribution is 2.12. The lowest BCUT2D eigenvalue weighted by atomic mass is 10.2. The highest BCUT2D eigenvalue weighted by molar-refractivity contribution is 5.38. The third-order valence-electron chi connectivity index (χ3n) is 2.23. The molecule has 0 aliphatic heterocycles. The molecule has 1 atom stereocenters. The van der Waals surface area contributed by atoms with Crippen LogP contribution < -0.4 is 15.8 Å². The molecule has 0 bridgehead atoms. The maximum atomic E-state index is 5.81. The van der Waals surface area contributed by atoms with Gasteiger partial charge in [-0.15, -0.1) is 0 Å². The summed E-state index contributed by atoms with van der Waals surface area (Å²) in [7, 11) is 3.23. The molecule has 1 rings (SSSR count). The van der Waals surface area contributed by atoms with Crippen LogP contribution in [-0.2, 0) is 4.74 Å².